The molecule has 5 rings (SSSR count). The summed E-state index contributed by atoms with van der Waals surface area (Å²) in [6.07, 6.45) is 8.14. The fourth-order valence-electron chi connectivity index (χ4n) is 6.55. The molecule has 2 fully saturated rings. The molecule has 1 aliphatic heterocycles. The number of nitrogens with two attached hydrogens (primary N) is 1. The lowest BCUT2D eigenvalue weighted by atomic mass is 9.63. The zero-order valence-corrected chi connectivity index (χ0v) is 19.5. The van der Waals surface area contributed by atoms with Crippen molar-refractivity contribution in [1.29, 1.82) is 0 Å². The minimum Gasteiger partial charge on any atom is -0.388 e. The number of aliphatic hydroxyl groups is 1. The highest BCUT2D eigenvalue weighted by molar-refractivity contribution is 7.88. The normalized spacial score (nSPS) is 30.6. The second-order valence-corrected chi connectivity index (χ2v) is 12.0. The van der Waals surface area contributed by atoms with Gasteiger partial charge in [0, 0.05) is 19.0 Å². The molecule has 3 aliphatic rings. The van der Waals surface area contributed by atoms with Crippen LogP contribution in [0, 0.1) is 0 Å². The van der Waals surface area contributed by atoms with E-state index in [4.69, 9.17) is 5.14 Å². The predicted octanol–water partition coefficient (Wildman–Crippen LogP) is 3.28. The van der Waals surface area contributed by atoms with Gasteiger partial charge in [0.25, 0.3) is 0 Å². The van der Waals surface area contributed by atoms with Crippen LogP contribution in [0.5, 0.6) is 0 Å². The number of hydrogen-bond acceptors (Lipinski definition) is 4. The molecule has 0 amide bonds. The number of β-amino-alcohol motifs (C(OH)–C–C–N with tert-alkyl or cyclic N) is 1. The third kappa shape index (κ3) is 4.51. The minimum absolute atomic E-state index is 0.107. The number of rotatable bonds is 5. The number of nitrogens with zero attached hydrogens (tertiary/aromatic N) is 1. The van der Waals surface area contributed by atoms with Crippen molar-refractivity contribution in [2.45, 2.75) is 74.2 Å². The van der Waals surface area contributed by atoms with Gasteiger partial charge in [-0.25, -0.2) is 13.6 Å². The molecule has 3 atom stereocenters. The summed E-state index contributed by atoms with van der Waals surface area (Å²) in [4.78, 5) is 2.54. The van der Waals surface area contributed by atoms with Crippen LogP contribution in [0.1, 0.15) is 60.8 Å². The molecule has 3 unspecified atom stereocenters. The summed E-state index contributed by atoms with van der Waals surface area (Å²) in [5.41, 5.74) is 4.17. The lowest BCUT2D eigenvalue weighted by molar-refractivity contribution is -0.0456. The lowest BCUT2D eigenvalue weighted by Crippen LogP contribution is -2.57. The molecule has 0 aromatic heterocycles. The second-order valence-electron chi connectivity index (χ2n) is 10.4. The Morgan fingerprint density at radius 1 is 1.06 bits per heavy atom. The Morgan fingerprint density at radius 2 is 1.88 bits per heavy atom. The largest absolute Gasteiger partial charge is 0.388 e. The van der Waals surface area contributed by atoms with E-state index in [1.54, 1.807) is 0 Å². The summed E-state index contributed by atoms with van der Waals surface area (Å²) >= 11 is 0. The Bertz CT molecular complexity index is 1100. The maximum atomic E-state index is 11.6. The summed E-state index contributed by atoms with van der Waals surface area (Å²) < 4.78 is 23.2. The monoisotopic (exact) mass is 454 g/mol. The third-order valence-electron chi connectivity index (χ3n) is 8.12. The molecule has 6 heteroatoms. The number of piperidine rings is 1. The molecule has 0 radical (unpaired) electrons. The van der Waals surface area contributed by atoms with E-state index in [1.807, 2.05) is 12.1 Å². The van der Waals surface area contributed by atoms with Gasteiger partial charge in [-0.15, -0.1) is 0 Å². The van der Waals surface area contributed by atoms with E-state index in [1.165, 1.54) is 29.5 Å². The molecular formula is C26H34N2O3S. The third-order valence-corrected chi connectivity index (χ3v) is 8.85. The van der Waals surface area contributed by atoms with E-state index in [-0.39, 0.29) is 11.2 Å². The van der Waals surface area contributed by atoms with Crippen molar-refractivity contribution >= 4 is 10.0 Å². The zero-order valence-electron chi connectivity index (χ0n) is 18.7. The highest BCUT2D eigenvalue weighted by atomic mass is 32.2. The maximum Gasteiger partial charge on any atom is 0.213 e. The Kier molecular flexibility index (Phi) is 5.69. The molecule has 2 bridgehead atoms. The summed E-state index contributed by atoms with van der Waals surface area (Å²) in [5.74, 6) is -0.110. The molecule has 2 aromatic carbocycles. The Labute approximate surface area is 191 Å². The molecule has 3 N–H and O–H groups in total. The van der Waals surface area contributed by atoms with Crippen molar-refractivity contribution < 1.29 is 13.5 Å². The van der Waals surface area contributed by atoms with E-state index in [2.05, 4.69) is 41.3 Å². The van der Waals surface area contributed by atoms with Gasteiger partial charge in [0.1, 0.15) is 0 Å². The van der Waals surface area contributed by atoms with Crippen molar-refractivity contribution in [2.24, 2.45) is 5.14 Å². The second kappa shape index (κ2) is 8.24. The van der Waals surface area contributed by atoms with Crippen molar-refractivity contribution in [3.8, 4) is 0 Å². The first-order valence-corrected chi connectivity index (χ1v) is 13.6. The van der Waals surface area contributed by atoms with E-state index in [0.717, 1.165) is 57.2 Å². The van der Waals surface area contributed by atoms with E-state index in [0.29, 0.717) is 6.04 Å². The molecule has 2 aliphatic carbocycles. The van der Waals surface area contributed by atoms with Gasteiger partial charge in [0.2, 0.25) is 10.0 Å². The van der Waals surface area contributed by atoms with E-state index in [9.17, 15) is 13.5 Å². The van der Waals surface area contributed by atoms with Crippen LogP contribution in [0.4, 0.5) is 0 Å². The first-order valence-electron chi connectivity index (χ1n) is 11.9. The topological polar surface area (TPSA) is 83.6 Å². The van der Waals surface area contributed by atoms with Gasteiger partial charge in [-0.1, -0.05) is 55.0 Å². The summed E-state index contributed by atoms with van der Waals surface area (Å²) in [5, 5.41) is 16.8. The van der Waals surface area contributed by atoms with Crippen molar-refractivity contribution in [3.63, 3.8) is 0 Å². The van der Waals surface area contributed by atoms with Gasteiger partial charge in [-0.3, -0.25) is 4.90 Å². The maximum absolute atomic E-state index is 11.6. The van der Waals surface area contributed by atoms with Gasteiger partial charge in [0.05, 0.1) is 11.4 Å². The highest BCUT2D eigenvalue weighted by Gasteiger charge is 2.45. The smallest absolute Gasteiger partial charge is 0.213 e. The first-order chi connectivity index (χ1) is 15.2. The van der Waals surface area contributed by atoms with Crippen LogP contribution in [0.3, 0.4) is 0 Å². The van der Waals surface area contributed by atoms with E-state index >= 15 is 0 Å². The number of aryl methyl sites for hydroxylation is 1. The Hall–Kier alpha value is -1.73. The van der Waals surface area contributed by atoms with Gasteiger partial charge in [0.15, 0.2) is 0 Å². The van der Waals surface area contributed by atoms with Crippen LogP contribution < -0.4 is 5.14 Å². The van der Waals surface area contributed by atoms with Crippen molar-refractivity contribution in [2.75, 3.05) is 13.1 Å². The molecular weight excluding hydrogens is 420 g/mol. The number of sulfonamides is 1. The lowest BCUT2D eigenvalue weighted by Gasteiger charge is -2.52. The Balaban J connectivity index is 1.32. The zero-order chi connectivity index (χ0) is 22.4. The number of primary sulfonamides is 1. The van der Waals surface area contributed by atoms with Crippen LogP contribution in [-0.2, 0) is 34.0 Å². The van der Waals surface area contributed by atoms with Gasteiger partial charge in [-0.05, 0) is 72.7 Å². The standard InChI is InChI=1S/C26H34N2O3S/c27-32(30,31)18-20-5-3-8-23(15-20)25-11-4-9-24(17-25)28(14-13-25)19-26(29)12-10-21-6-1-2-7-22(21)16-26/h1-3,5-8,15,24,29H,4,9-14,16-19H2,(H2,27,30,31). The van der Waals surface area contributed by atoms with Crippen molar-refractivity contribution in [1.82, 2.24) is 4.90 Å². The number of fused-ring (bicyclic) bond motifs is 3. The molecule has 5 nitrogen and oxygen atoms in total. The molecule has 1 saturated carbocycles. The molecule has 1 saturated heterocycles. The van der Waals surface area contributed by atoms with Gasteiger partial charge in [-0.2, -0.15) is 0 Å². The average molecular weight is 455 g/mol. The predicted molar refractivity (Wildman–Crippen MR) is 127 cm³/mol. The summed E-state index contributed by atoms with van der Waals surface area (Å²) in [6, 6.07) is 17.0. The fraction of sp³-hybridized carbons (Fsp3) is 0.538. The molecule has 0 spiro atoms. The molecule has 32 heavy (non-hydrogen) atoms. The van der Waals surface area contributed by atoms with Crippen LogP contribution >= 0.6 is 0 Å². The number of likely N-dealkylation sites (tertiary alicyclic amines) is 1. The van der Waals surface area contributed by atoms with Crippen LogP contribution in [-0.4, -0.2) is 43.2 Å². The summed E-state index contributed by atoms with van der Waals surface area (Å²) in [6.45, 7) is 1.72. The minimum atomic E-state index is -3.54. The van der Waals surface area contributed by atoms with Crippen molar-refractivity contribution in [3.05, 3.63) is 70.8 Å². The highest BCUT2D eigenvalue weighted by Crippen LogP contribution is 2.47. The fourth-order valence-corrected chi connectivity index (χ4v) is 7.19. The van der Waals surface area contributed by atoms with Crippen LogP contribution in [0.2, 0.25) is 0 Å². The van der Waals surface area contributed by atoms with Gasteiger partial charge >= 0.3 is 0 Å². The van der Waals surface area contributed by atoms with Crippen LogP contribution in [0.25, 0.3) is 0 Å². The molecule has 172 valence electrons. The number of hydrogen-bond donors (Lipinski definition) is 2. The molecule has 1 heterocycles. The first kappa shape index (κ1) is 22.1. The van der Waals surface area contributed by atoms with Gasteiger partial charge < -0.3 is 5.11 Å². The van der Waals surface area contributed by atoms with Crippen LogP contribution in [0.15, 0.2) is 48.5 Å². The summed E-state index contributed by atoms with van der Waals surface area (Å²) in [7, 11) is -3.54. The Morgan fingerprint density at radius 3 is 2.69 bits per heavy atom. The number of benzene rings is 2. The average Bonchev–Trinajstić information content (AvgIpc) is 2.75. The quantitative estimate of drug-likeness (QED) is 0.726. The molecule has 2 aromatic rings. The van der Waals surface area contributed by atoms with E-state index < -0.39 is 15.6 Å². The SMILES string of the molecule is NS(=O)(=O)Cc1cccc(C23CCCC(C2)N(CC2(O)CCc4ccccc4C2)CC3)c1.